The highest BCUT2D eigenvalue weighted by Crippen LogP contribution is 2.32. The van der Waals surface area contributed by atoms with Gasteiger partial charge in [0.2, 0.25) is 0 Å². The maximum Gasteiger partial charge on any atom is 0.573 e. The maximum absolute atomic E-state index is 12.6. The lowest BCUT2D eigenvalue weighted by atomic mass is 10.1. The van der Waals surface area contributed by atoms with Crippen LogP contribution in [0.2, 0.25) is 0 Å². The van der Waals surface area contributed by atoms with Gasteiger partial charge in [0.05, 0.1) is 18.8 Å². The van der Waals surface area contributed by atoms with Gasteiger partial charge in [0.1, 0.15) is 0 Å². The Hall–Kier alpha value is -2.98. The molecule has 2 rings (SSSR count). The second-order valence-electron chi connectivity index (χ2n) is 5.09. The van der Waals surface area contributed by atoms with Gasteiger partial charge in [-0.25, -0.2) is 11.0 Å². The SMILES string of the molecule is N/C(=N\N(N)CCO)c1ccccc1Nc1ccccc1OC(F)(F)F. The Kier molecular flexibility index (Phi) is 6.26. The van der Waals surface area contributed by atoms with E-state index in [0.29, 0.717) is 11.3 Å². The summed E-state index contributed by atoms with van der Waals surface area (Å²) in [4.78, 5) is 0. The third kappa shape index (κ3) is 5.53. The molecule has 7 nitrogen and oxygen atoms in total. The molecular formula is C16H18F3N5O2. The predicted molar refractivity (Wildman–Crippen MR) is 91.6 cm³/mol. The molecule has 0 radical (unpaired) electrons. The normalized spacial score (nSPS) is 12.0. The van der Waals surface area contributed by atoms with Crippen LogP contribution in [-0.4, -0.2) is 35.6 Å². The molecule has 0 aliphatic rings. The van der Waals surface area contributed by atoms with Crippen molar-refractivity contribution in [1.82, 2.24) is 5.12 Å². The average molecular weight is 369 g/mol. The van der Waals surface area contributed by atoms with E-state index >= 15 is 0 Å². The van der Waals surface area contributed by atoms with Crippen LogP contribution in [0, 0.1) is 0 Å². The number of hydrogen-bond acceptors (Lipinski definition) is 6. The lowest BCUT2D eigenvalue weighted by Crippen LogP contribution is -2.32. The Balaban J connectivity index is 2.32. The van der Waals surface area contributed by atoms with Gasteiger partial charge in [-0.2, -0.15) is 0 Å². The topological polar surface area (TPSA) is 109 Å². The maximum atomic E-state index is 12.6. The first-order valence-corrected chi connectivity index (χ1v) is 7.48. The van der Waals surface area contributed by atoms with E-state index in [9.17, 15) is 13.2 Å². The molecule has 0 saturated carbocycles. The standard InChI is InChI=1S/C16H18F3N5O2/c17-16(18,19)26-14-8-4-3-7-13(14)22-12-6-2-1-5-11(12)15(20)23-24(21)9-10-25/h1-8,22,25H,9-10,21H2,(H2,20,23). The van der Waals surface area contributed by atoms with E-state index in [4.69, 9.17) is 16.7 Å². The molecule has 0 amide bonds. The molecule has 0 unspecified atom stereocenters. The van der Waals surface area contributed by atoms with E-state index in [0.717, 1.165) is 5.12 Å². The number of alkyl halides is 3. The predicted octanol–water partition coefficient (Wildman–Crippen LogP) is 2.12. The molecule has 26 heavy (non-hydrogen) atoms. The van der Waals surface area contributed by atoms with E-state index in [-0.39, 0.29) is 30.4 Å². The van der Waals surface area contributed by atoms with Crippen LogP contribution < -0.4 is 21.6 Å². The summed E-state index contributed by atoms with van der Waals surface area (Å²) in [5.41, 5.74) is 6.84. The molecule has 6 N–H and O–H groups in total. The molecule has 0 aromatic heterocycles. The quantitative estimate of drug-likeness (QED) is 0.258. The summed E-state index contributed by atoms with van der Waals surface area (Å²) in [6.07, 6.45) is -4.82. The first-order chi connectivity index (χ1) is 12.3. The summed E-state index contributed by atoms with van der Waals surface area (Å²) in [5, 5.41) is 16.6. The average Bonchev–Trinajstić information content (AvgIpc) is 2.56. The van der Waals surface area contributed by atoms with Crippen molar-refractivity contribution in [2.75, 3.05) is 18.5 Å². The number of hydrazine groups is 1. The number of para-hydroxylation sites is 3. The summed E-state index contributed by atoms with van der Waals surface area (Å²) in [6.45, 7) is -0.145. The van der Waals surface area contributed by atoms with Crippen LogP contribution in [0.4, 0.5) is 24.5 Å². The zero-order valence-electron chi connectivity index (χ0n) is 13.6. The van der Waals surface area contributed by atoms with Crippen LogP contribution in [0.1, 0.15) is 5.56 Å². The molecule has 2 aromatic carbocycles. The Morgan fingerprint density at radius 1 is 1.12 bits per heavy atom. The Bertz CT molecular complexity index is 768. The number of hydrazone groups is 1. The number of nitrogens with zero attached hydrogens (tertiary/aromatic N) is 2. The highest BCUT2D eigenvalue weighted by Gasteiger charge is 2.32. The summed E-state index contributed by atoms with van der Waals surface area (Å²) in [6, 6.07) is 12.2. The largest absolute Gasteiger partial charge is 0.573 e. The fourth-order valence-corrected chi connectivity index (χ4v) is 2.09. The van der Waals surface area contributed by atoms with Crippen molar-refractivity contribution in [3.05, 3.63) is 54.1 Å². The number of anilines is 2. The minimum Gasteiger partial charge on any atom is -0.404 e. The van der Waals surface area contributed by atoms with Crippen LogP contribution in [-0.2, 0) is 0 Å². The van der Waals surface area contributed by atoms with Gasteiger partial charge in [-0.05, 0) is 24.3 Å². The summed E-state index contributed by atoms with van der Waals surface area (Å²) >= 11 is 0. The van der Waals surface area contributed by atoms with Gasteiger partial charge in [0, 0.05) is 11.3 Å². The lowest BCUT2D eigenvalue weighted by Gasteiger charge is -2.17. The zero-order chi connectivity index (χ0) is 19.2. The first kappa shape index (κ1) is 19.3. The van der Waals surface area contributed by atoms with E-state index in [1.165, 1.54) is 18.2 Å². The van der Waals surface area contributed by atoms with E-state index in [1.807, 2.05) is 0 Å². The molecule has 0 aliphatic carbocycles. The van der Waals surface area contributed by atoms with Crippen molar-refractivity contribution in [2.24, 2.45) is 16.7 Å². The molecule has 0 heterocycles. The van der Waals surface area contributed by atoms with E-state index in [2.05, 4.69) is 15.2 Å². The number of aliphatic hydroxyl groups excluding tert-OH is 1. The van der Waals surface area contributed by atoms with Crippen LogP contribution in [0.5, 0.6) is 5.75 Å². The fourth-order valence-electron chi connectivity index (χ4n) is 2.09. The van der Waals surface area contributed by atoms with Crippen LogP contribution in [0.3, 0.4) is 0 Å². The lowest BCUT2D eigenvalue weighted by molar-refractivity contribution is -0.274. The van der Waals surface area contributed by atoms with Crippen molar-refractivity contribution in [1.29, 1.82) is 0 Å². The number of amidine groups is 1. The Morgan fingerprint density at radius 3 is 2.38 bits per heavy atom. The molecule has 0 bridgehead atoms. The zero-order valence-corrected chi connectivity index (χ0v) is 13.6. The van der Waals surface area contributed by atoms with Gasteiger partial charge in [-0.15, -0.1) is 18.3 Å². The van der Waals surface area contributed by atoms with E-state index in [1.54, 1.807) is 30.3 Å². The molecule has 0 fully saturated rings. The van der Waals surface area contributed by atoms with Crippen LogP contribution in [0.15, 0.2) is 53.6 Å². The van der Waals surface area contributed by atoms with Gasteiger partial charge in [0.15, 0.2) is 11.6 Å². The van der Waals surface area contributed by atoms with Gasteiger partial charge in [-0.3, -0.25) is 0 Å². The third-order valence-corrected chi connectivity index (χ3v) is 3.15. The van der Waals surface area contributed by atoms with Crippen molar-refractivity contribution >= 4 is 17.2 Å². The fraction of sp³-hybridized carbons (Fsp3) is 0.188. The van der Waals surface area contributed by atoms with Gasteiger partial charge < -0.3 is 20.9 Å². The molecular weight excluding hydrogens is 351 g/mol. The van der Waals surface area contributed by atoms with Gasteiger partial charge >= 0.3 is 6.36 Å². The summed E-state index contributed by atoms with van der Waals surface area (Å²) in [5.74, 6) is 5.20. The van der Waals surface area contributed by atoms with Crippen molar-refractivity contribution < 1.29 is 23.0 Å². The molecule has 0 spiro atoms. The number of benzene rings is 2. The number of nitrogens with one attached hydrogen (secondary N) is 1. The number of ether oxygens (including phenoxy) is 1. The third-order valence-electron chi connectivity index (χ3n) is 3.15. The highest BCUT2D eigenvalue weighted by atomic mass is 19.4. The number of halogens is 3. The second-order valence-corrected chi connectivity index (χ2v) is 5.09. The second kappa shape index (κ2) is 8.41. The Labute approximate surface area is 147 Å². The molecule has 0 saturated heterocycles. The van der Waals surface area contributed by atoms with Crippen molar-refractivity contribution in [2.45, 2.75) is 6.36 Å². The van der Waals surface area contributed by atoms with Gasteiger partial charge in [0.25, 0.3) is 0 Å². The monoisotopic (exact) mass is 369 g/mol. The van der Waals surface area contributed by atoms with Gasteiger partial charge in [-0.1, -0.05) is 24.3 Å². The Morgan fingerprint density at radius 2 is 1.73 bits per heavy atom. The number of aliphatic hydroxyl groups is 1. The molecule has 2 aromatic rings. The molecule has 0 aliphatic heterocycles. The first-order valence-electron chi connectivity index (χ1n) is 7.48. The molecule has 140 valence electrons. The van der Waals surface area contributed by atoms with E-state index < -0.39 is 6.36 Å². The summed E-state index contributed by atoms with van der Waals surface area (Å²) < 4.78 is 41.7. The molecule has 0 atom stereocenters. The van der Waals surface area contributed by atoms with Crippen molar-refractivity contribution in [3.63, 3.8) is 0 Å². The minimum atomic E-state index is -4.82. The highest BCUT2D eigenvalue weighted by molar-refractivity contribution is 6.03. The molecule has 10 heteroatoms. The smallest absolute Gasteiger partial charge is 0.404 e. The number of hydrogen-bond donors (Lipinski definition) is 4. The summed E-state index contributed by atoms with van der Waals surface area (Å²) in [7, 11) is 0. The number of nitrogens with two attached hydrogens (primary N) is 2. The van der Waals surface area contributed by atoms with Crippen molar-refractivity contribution in [3.8, 4) is 5.75 Å². The number of rotatable bonds is 7. The minimum absolute atomic E-state index is 0.0262. The van der Waals surface area contributed by atoms with Crippen LogP contribution >= 0.6 is 0 Å². The van der Waals surface area contributed by atoms with Crippen LogP contribution in [0.25, 0.3) is 0 Å².